The summed E-state index contributed by atoms with van der Waals surface area (Å²) in [5.74, 6) is 0.231. The van der Waals surface area contributed by atoms with Crippen molar-refractivity contribution < 1.29 is 23.9 Å². The molecule has 0 aliphatic heterocycles. The second-order valence-electron chi connectivity index (χ2n) is 3.62. The van der Waals surface area contributed by atoms with Gasteiger partial charge in [0.2, 0.25) is 5.78 Å². The van der Waals surface area contributed by atoms with Crippen molar-refractivity contribution >= 4 is 5.78 Å². The fourth-order valence-corrected chi connectivity index (χ4v) is 1.40. The van der Waals surface area contributed by atoms with Gasteiger partial charge < -0.3 is 14.2 Å². The van der Waals surface area contributed by atoms with Crippen LogP contribution >= 0.6 is 0 Å². The first-order valence-electron chi connectivity index (χ1n) is 5.53. The van der Waals surface area contributed by atoms with E-state index in [2.05, 4.69) is 0 Å². The molecule has 0 N–H and O–H groups in total. The van der Waals surface area contributed by atoms with Gasteiger partial charge in [-0.05, 0) is 18.2 Å². The van der Waals surface area contributed by atoms with Crippen molar-refractivity contribution in [1.29, 1.82) is 0 Å². The third kappa shape index (κ3) is 4.55. The number of nitrogens with zero attached hydrogens (tertiary/aromatic N) is 1. The second-order valence-corrected chi connectivity index (χ2v) is 3.62. The first-order chi connectivity index (χ1) is 9.08. The third-order valence-electron chi connectivity index (χ3n) is 2.30. The number of hydrogen-bond donors (Lipinski definition) is 0. The van der Waals surface area contributed by atoms with Gasteiger partial charge in [-0.25, -0.2) is 0 Å². The quantitative estimate of drug-likeness (QED) is 0.305. The fourth-order valence-electron chi connectivity index (χ4n) is 1.40. The zero-order chi connectivity index (χ0) is 14.3. The number of ketones is 1. The molecule has 0 unspecified atom stereocenters. The predicted molar refractivity (Wildman–Crippen MR) is 66.6 cm³/mol. The maximum absolute atomic E-state index is 11.5. The molecule has 0 saturated heterocycles. The summed E-state index contributed by atoms with van der Waals surface area (Å²) >= 11 is 0. The summed E-state index contributed by atoms with van der Waals surface area (Å²) in [5, 5.41) is 10.3. The van der Waals surface area contributed by atoms with Crippen LogP contribution in [-0.2, 0) is 4.74 Å². The Kier molecular flexibility index (Phi) is 5.74. The largest absolute Gasteiger partial charge is 0.493 e. The lowest BCUT2D eigenvalue weighted by Crippen LogP contribution is -2.14. The van der Waals surface area contributed by atoms with E-state index in [4.69, 9.17) is 14.2 Å². The molecule has 1 aromatic carbocycles. The average molecular weight is 269 g/mol. The van der Waals surface area contributed by atoms with Gasteiger partial charge in [-0.2, -0.15) is 0 Å². The maximum Gasteiger partial charge on any atom is 0.265 e. The van der Waals surface area contributed by atoms with Crippen LogP contribution < -0.4 is 9.47 Å². The molecule has 0 aromatic heterocycles. The monoisotopic (exact) mass is 269 g/mol. The third-order valence-corrected chi connectivity index (χ3v) is 2.30. The Labute approximate surface area is 110 Å². The van der Waals surface area contributed by atoms with E-state index in [0.29, 0.717) is 24.7 Å². The smallest absolute Gasteiger partial charge is 0.265 e. The van der Waals surface area contributed by atoms with Crippen LogP contribution in [0.15, 0.2) is 18.2 Å². The maximum atomic E-state index is 11.5. The summed E-state index contributed by atoms with van der Waals surface area (Å²) in [6.45, 7) is 0.0211. The normalized spacial score (nSPS) is 10.0. The first-order valence-corrected chi connectivity index (χ1v) is 5.53. The van der Waals surface area contributed by atoms with E-state index >= 15 is 0 Å². The molecule has 0 fully saturated rings. The Balaban J connectivity index is 2.83. The number of rotatable bonds is 8. The van der Waals surface area contributed by atoms with Gasteiger partial charge in [0.1, 0.15) is 6.61 Å². The zero-order valence-electron chi connectivity index (χ0n) is 10.8. The van der Waals surface area contributed by atoms with Crippen LogP contribution in [0.2, 0.25) is 0 Å². The average Bonchev–Trinajstić information content (AvgIpc) is 2.38. The minimum Gasteiger partial charge on any atom is -0.493 e. The number of ether oxygens (including phenoxy) is 3. The lowest BCUT2D eigenvalue weighted by atomic mass is 10.1. The van der Waals surface area contributed by atoms with Crippen molar-refractivity contribution in [3.8, 4) is 11.5 Å². The van der Waals surface area contributed by atoms with Gasteiger partial charge in [0.05, 0.1) is 13.7 Å². The summed E-state index contributed by atoms with van der Waals surface area (Å²) in [7, 11) is 2.99. The van der Waals surface area contributed by atoms with Crippen LogP contribution in [0.3, 0.4) is 0 Å². The molecule has 7 heteroatoms. The van der Waals surface area contributed by atoms with Crippen LogP contribution in [0.1, 0.15) is 10.4 Å². The highest BCUT2D eigenvalue weighted by Gasteiger charge is 2.15. The van der Waals surface area contributed by atoms with E-state index in [1.54, 1.807) is 13.2 Å². The summed E-state index contributed by atoms with van der Waals surface area (Å²) in [6, 6.07) is 4.44. The Morgan fingerprint density at radius 3 is 2.58 bits per heavy atom. The number of benzene rings is 1. The van der Waals surface area contributed by atoms with E-state index in [9.17, 15) is 14.9 Å². The molecule has 0 radical (unpaired) electrons. The molecule has 7 nitrogen and oxygen atoms in total. The summed E-state index contributed by atoms with van der Waals surface area (Å²) < 4.78 is 15.3. The minimum absolute atomic E-state index is 0.215. The van der Waals surface area contributed by atoms with Gasteiger partial charge >= 0.3 is 0 Å². The van der Waals surface area contributed by atoms with E-state index in [-0.39, 0.29) is 5.56 Å². The van der Waals surface area contributed by atoms with Crippen molar-refractivity contribution in [3.05, 3.63) is 33.9 Å². The summed E-state index contributed by atoms with van der Waals surface area (Å²) in [4.78, 5) is 21.2. The van der Waals surface area contributed by atoms with Crippen LogP contribution in [0, 0.1) is 10.1 Å². The lowest BCUT2D eigenvalue weighted by Gasteiger charge is -2.11. The number of hydrogen-bond acceptors (Lipinski definition) is 6. The molecule has 0 spiro atoms. The van der Waals surface area contributed by atoms with E-state index in [1.807, 2.05) is 0 Å². The first kappa shape index (κ1) is 14.9. The van der Waals surface area contributed by atoms with E-state index < -0.39 is 17.3 Å². The Hall–Kier alpha value is -2.15. The molecular formula is C12H15NO6. The Bertz CT molecular complexity index is 460. The van der Waals surface area contributed by atoms with Crippen molar-refractivity contribution in [1.82, 2.24) is 0 Å². The van der Waals surface area contributed by atoms with Gasteiger partial charge in [0.15, 0.2) is 11.5 Å². The molecule has 0 aliphatic carbocycles. The highest BCUT2D eigenvalue weighted by atomic mass is 16.6. The number of carbonyl (C=O) groups is 1. The minimum atomic E-state index is -0.743. The van der Waals surface area contributed by atoms with Gasteiger partial charge in [-0.3, -0.25) is 14.9 Å². The van der Waals surface area contributed by atoms with Gasteiger partial charge in [0, 0.05) is 17.6 Å². The molecule has 0 bridgehead atoms. The van der Waals surface area contributed by atoms with Gasteiger partial charge in [0.25, 0.3) is 6.54 Å². The van der Waals surface area contributed by atoms with Gasteiger partial charge in [-0.15, -0.1) is 0 Å². The fraction of sp³-hybridized carbons (Fsp3) is 0.417. The highest BCUT2D eigenvalue weighted by molar-refractivity contribution is 5.97. The summed E-state index contributed by atoms with van der Waals surface area (Å²) in [5.41, 5.74) is 0.215. The molecule has 0 aliphatic rings. The number of carbonyl (C=O) groups excluding carboxylic acids is 1. The van der Waals surface area contributed by atoms with Crippen molar-refractivity contribution in [3.63, 3.8) is 0 Å². The highest BCUT2D eigenvalue weighted by Crippen LogP contribution is 2.28. The number of Topliss-reactive ketones (excluding diaryl/α,β-unsaturated/α-hetero) is 1. The molecule has 0 heterocycles. The Morgan fingerprint density at radius 2 is 2.00 bits per heavy atom. The molecule has 104 valence electrons. The van der Waals surface area contributed by atoms with Crippen LogP contribution in [-0.4, -0.2) is 44.7 Å². The molecule has 1 rings (SSSR count). The predicted octanol–water partition coefficient (Wildman–Crippen LogP) is 1.18. The van der Waals surface area contributed by atoms with E-state index in [0.717, 1.165) is 0 Å². The van der Waals surface area contributed by atoms with Crippen molar-refractivity contribution in [2.24, 2.45) is 0 Å². The molecule has 19 heavy (non-hydrogen) atoms. The van der Waals surface area contributed by atoms with Crippen molar-refractivity contribution in [2.45, 2.75) is 0 Å². The molecule has 0 amide bonds. The summed E-state index contributed by atoms with van der Waals surface area (Å²) in [6.07, 6.45) is 0. The SMILES string of the molecule is COCCOc1ccc(C(=O)C[N+](=O)[O-])cc1OC. The lowest BCUT2D eigenvalue weighted by molar-refractivity contribution is -0.465. The van der Waals surface area contributed by atoms with E-state index in [1.165, 1.54) is 19.2 Å². The Morgan fingerprint density at radius 1 is 1.26 bits per heavy atom. The second kappa shape index (κ2) is 7.32. The molecule has 1 aromatic rings. The standard InChI is InChI=1S/C12H15NO6/c1-17-5-6-19-11-4-3-9(7-12(11)18-2)10(14)8-13(15)16/h3-4,7H,5-6,8H2,1-2H3. The van der Waals surface area contributed by atoms with Crippen molar-refractivity contribution in [2.75, 3.05) is 34.0 Å². The van der Waals surface area contributed by atoms with Gasteiger partial charge in [-0.1, -0.05) is 0 Å². The molecular weight excluding hydrogens is 254 g/mol. The topological polar surface area (TPSA) is 87.9 Å². The molecule has 0 atom stereocenters. The zero-order valence-corrected chi connectivity index (χ0v) is 10.8. The molecule has 0 saturated carbocycles. The number of nitro groups is 1. The van der Waals surface area contributed by atoms with Crippen LogP contribution in [0.5, 0.6) is 11.5 Å². The van der Waals surface area contributed by atoms with Crippen LogP contribution in [0.25, 0.3) is 0 Å². The number of methoxy groups -OCH3 is 2. The van der Waals surface area contributed by atoms with Crippen LogP contribution in [0.4, 0.5) is 0 Å².